The third-order valence-corrected chi connectivity index (χ3v) is 4.57. The van der Waals surface area contributed by atoms with Gasteiger partial charge in [0.05, 0.1) is 33.5 Å². The zero-order chi connectivity index (χ0) is 14.8. The van der Waals surface area contributed by atoms with Gasteiger partial charge in [-0.1, -0.05) is 0 Å². The van der Waals surface area contributed by atoms with Crippen molar-refractivity contribution in [3.8, 4) is 11.5 Å². The van der Waals surface area contributed by atoms with Crippen LogP contribution in [-0.2, 0) is 17.6 Å². The SMILES string of the molecule is COc1ccc(OC)c2c1C[C@H](O)[C@@H](N1CCOCC1)C2.Cl. The van der Waals surface area contributed by atoms with Gasteiger partial charge >= 0.3 is 0 Å². The zero-order valence-corrected chi connectivity index (χ0v) is 13.9. The molecule has 2 atom stereocenters. The Labute approximate surface area is 137 Å². The molecule has 1 aliphatic carbocycles. The van der Waals surface area contributed by atoms with E-state index in [1.165, 1.54) is 5.56 Å². The summed E-state index contributed by atoms with van der Waals surface area (Å²) < 4.78 is 16.4. The number of benzene rings is 1. The lowest BCUT2D eigenvalue weighted by Crippen LogP contribution is -2.52. The van der Waals surface area contributed by atoms with Gasteiger partial charge in [0, 0.05) is 36.7 Å². The van der Waals surface area contributed by atoms with E-state index >= 15 is 0 Å². The highest BCUT2D eigenvalue weighted by atomic mass is 35.5. The van der Waals surface area contributed by atoms with Crippen LogP contribution in [0.4, 0.5) is 0 Å². The van der Waals surface area contributed by atoms with Crippen LogP contribution in [0.15, 0.2) is 12.1 Å². The van der Waals surface area contributed by atoms with Crippen molar-refractivity contribution in [3.63, 3.8) is 0 Å². The molecule has 1 N–H and O–H groups in total. The number of hydrogen-bond donors (Lipinski definition) is 1. The van der Waals surface area contributed by atoms with E-state index in [2.05, 4.69) is 4.90 Å². The normalized spacial score (nSPS) is 25.0. The Balaban J connectivity index is 0.00000176. The van der Waals surface area contributed by atoms with Crippen LogP contribution < -0.4 is 9.47 Å². The number of aliphatic hydroxyl groups excluding tert-OH is 1. The van der Waals surface area contributed by atoms with Crippen molar-refractivity contribution in [2.45, 2.75) is 25.0 Å². The minimum Gasteiger partial charge on any atom is -0.496 e. The third kappa shape index (κ3) is 3.18. The first-order chi connectivity index (χ1) is 10.2. The molecule has 124 valence electrons. The quantitative estimate of drug-likeness (QED) is 0.905. The van der Waals surface area contributed by atoms with Gasteiger partial charge in [-0.25, -0.2) is 0 Å². The maximum absolute atomic E-state index is 10.6. The highest BCUT2D eigenvalue weighted by Crippen LogP contribution is 2.37. The highest BCUT2D eigenvalue weighted by Gasteiger charge is 2.35. The van der Waals surface area contributed by atoms with Crippen LogP contribution in [0.1, 0.15) is 11.1 Å². The summed E-state index contributed by atoms with van der Waals surface area (Å²) in [6.07, 6.45) is 1.02. The molecule has 1 heterocycles. The van der Waals surface area contributed by atoms with Crippen molar-refractivity contribution in [2.24, 2.45) is 0 Å². The Bertz CT molecular complexity index is 505. The number of morpholine rings is 1. The van der Waals surface area contributed by atoms with E-state index in [1.54, 1.807) is 14.2 Å². The second-order valence-electron chi connectivity index (χ2n) is 5.62. The van der Waals surface area contributed by atoms with Crippen LogP contribution in [0.3, 0.4) is 0 Å². The number of nitrogens with zero attached hydrogens (tertiary/aromatic N) is 1. The smallest absolute Gasteiger partial charge is 0.122 e. The van der Waals surface area contributed by atoms with Gasteiger partial charge in [0.1, 0.15) is 11.5 Å². The van der Waals surface area contributed by atoms with Crippen molar-refractivity contribution in [2.75, 3.05) is 40.5 Å². The molecule has 0 bridgehead atoms. The molecule has 0 spiro atoms. The molecular weight excluding hydrogens is 306 g/mol. The van der Waals surface area contributed by atoms with E-state index in [9.17, 15) is 5.11 Å². The number of rotatable bonds is 3. The lowest BCUT2D eigenvalue weighted by atomic mass is 9.84. The molecule has 0 amide bonds. The van der Waals surface area contributed by atoms with Crippen molar-refractivity contribution < 1.29 is 19.3 Å². The average Bonchev–Trinajstić information content (AvgIpc) is 2.54. The summed E-state index contributed by atoms with van der Waals surface area (Å²) in [4.78, 5) is 2.33. The van der Waals surface area contributed by atoms with E-state index < -0.39 is 0 Å². The monoisotopic (exact) mass is 329 g/mol. The Morgan fingerprint density at radius 3 is 2.14 bits per heavy atom. The van der Waals surface area contributed by atoms with E-state index in [4.69, 9.17) is 14.2 Å². The predicted octanol–water partition coefficient (Wildman–Crippen LogP) is 1.29. The average molecular weight is 330 g/mol. The van der Waals surface area contributed by atoms with Crippen molar-refractivity contribution >= 4 is 12.4 Å². The summed E-state index contributed by atoms with van der Waals surface area (Å²) in [7, 11) is 3.36. The molecule has 0 aromatic heterocycles. The third-order valence-electron chi connectivity index (χ3n) is 4.57. The number of aliphatic hydroxyl groups is 1. The molecule has 1 aromatic rings. The Morgan fingerprint density at radius 2 is 1.59 bits per heavy atom. The topological polar surface area (TPSA) is 51.2 Å². The summed E-state index contributed by atoms with van der Waals surface area (Å²) >= 11 is 0. The molecular formula is C16H24ClNO4. The summed E-state index contributed by atoms with van der Waals surface area (Å²) in [5.41, 5.74) is 2.24. The van der Waals surface area contributed by atoms with Crippen LogP contribution >= 0.6 is 12.4 Å². The Morgan fingerprint density at radius 1 is 1.05 bits per heavy atom. The summed E-state index contributed by atoms with van der Waals surface area (Å²) in [5, 5.41) is 10.6. The number of fused-ring (bicyclic) bond motifs is 1. The lowest BCUT2D eigenvalue weighted by molar-refractivity contribution is -0.0247. The molecule has 3 rings (SSSR count). The van der Waals surface area contributed by atoms with Crippen LogP contribution in [0.25, 0.3) is 0 Å². The van der Waals surface area contributed by atoms with Gasteiger partial charge in [0.15, 0.2) is 0 Å². The van der Waals surface area contributed by atoms with Crippen molar-refractivity contribution in [1.82, 2.24) is 4.90 Å². The highest BCUT2D eigenvalue weighted by molar-refractivity contribution is 5.85. The van der Waals surface area contributed by atoms with Gasteiger partial charge < -0.3 is 19.3 Å². The maximum atomic E-state index is 10.6. The Hall–Kier alpha value is -1.01. The van der Waals surface area contributed by atoms with Gasteiger partial charge in [-0.15, -0.1) is 12.4 Å². The molecule has 0 radical (unpaired) electrons. The summed E-state index contributed by atoms with van der Waals surface area (Å²) in [5.74, 6) is 1.72. The molecule has 0 saturated carbocycles. The Kier molecular flexibility index (Phi) is 5.92. The molecule has 1 aromatic carbocycles. The van der Waals surface area contributed by atoms with E-state index in [1.807, 2.05) is 12.1 Å². The van der Waals surface area contributed by atoms with Crippen molar-refractivity contribution in [1.29, 1.82) is 0 Å². The molecule has 1 saturated heterocycles. The molecule has 1 aliphatic heterocycles. The van der Waals surface area contributed by atoms with E-state index in [0.29, 0.717) is 6.42 Å². The second-order valence-corrected chi connectivity index (χ2v) is 5.62. The minimum absolute atomic E-state index is 0. The first kappa shape index (κ1) is 17.3. The maximum Gasteiger partial charge on any atom is 0.122 e. The van der Waals surface area contributed by atoms with E-state index in [0.717, 1.165) is 49.8 Å². The number of ether oxygens (including phenoxy) is 3. The zero-order valence-electron chi connectivity index (χ0n) is 13.1. The first-order valence-corrected chi connectivity index (χ1v) is 7.47. The molecule has 1 fully saturated rings. The van der Waals surface area contributed by atoms with Crippen LogP contribution in [0.2, 0.25) is 0 Å². The molecule has 22 heavy (non-hydrogen) atoms. The number of halogens is 1. The predicted molar refractivity (Wildman–Crippen MR) is 86.4 cm³/mol. The molecule has 2 aliphatic rings. The fourth-order valence-electron chi connectivity index (χ4n) is 3.45. The first-order valence-electron chi connectivity index (χ1n) is 7.47. The van der Waals surface area contributed by atoms with Gasteiger partial charge in [-0.3, -0.25) is 4.90 Å². The standard InChI is InChI=1S/C16H23NO4.ClH/c1-19-15-3-4-16(20-2)12-10-14(18)13(9-11(12)15)17-5-7-21-8-6-17;/h3-4,13-14,18H,5-10H2,1-2H3;1H/t13-,14-;/m0./s1. The van der Waals surface area contributed by atoms with E-state index in [-0.39, 0.29) is 24.6 Å². The number of hydrogen-bond acceptors (Lipinski definition) is 5. The van der Waals surface area contributed by atoms with Gasteiger partial charge in [-0.05, 0) is 18.6 Å². The van der Waals surface area contributed by atoms with Gasteiger partial charge in [0.25, 0.3) is 0 Å². The second kappa shape index (κ2) is 7.51. The molecule has 5 nitrogen and oxygen atoms in total. The van der Waals surface area contributed by atoms with Crippen LogP contribution in [-0.4, -0.2) is 62.7 Å². The summed E-state index contributed by atoms with van der Waals surface area (Å²) in [6, 6.07) is 3.99. The summed E-state index contributed by atoms with van der Waals surface area (Å²) in [6.45, 7) is 3.24. The number of methoxy groups -OCH3 is 2. The lowest BCUT2D eigenvalue weighted by Gasteiger charge is -2.40. The van der Waals surface area contributed by atoms with Crippen LogP contribution in [0, 0.1) is 0 Å². The van der Waals surface area contributed by atoms with Gasteiger partial charge in [0.2, 0.25) is 0 Å². The largest absolute Gasteiger partial charge is 0.496 e. The minimum atomic E-state index is -0.378. The fourth-order valence-corrected chi connectivity index (χ4v) is 3.45. The van der Waals surface area contributed by atoms with Crippen molar-refractivity contribution in [3.05, 3.63) is 23.3 Å². The molecule has 0 unspecified atom stereocenters. The van der Waals surface area contributed by atoms with Crippen LogP contribution in [0.5, 0.6) is 11.5 Å². The molecule has 6 heteroatoms. The van der Waals surface area contributed by atoms with Gasteiger partial charge in [-0.2, -0.15) is 0 Å². The fraction of sp³-hybridized carbons (Fsp3) is 0.625.